The van der Waals surface area contributed by atoms with Gasteiger partial charge in [0.25, 0.3) is 10.0 Å². The Labute approximate surface area is 189 Å². The predicted molar refractivity (Wildman–Crippen MR) is 114 cm³/mol. The van der Waals surface area contributed by atoms with E-state index in [1.54, 1.807) is 4.90 Å². The zero-order valence-corrected chi connectivity index (χ0v) is 18.7. The molecule has 2 aromatic rings. The molecule has 1 aliphatic rings. The third-order valence-electron chi connectivity index (χ3n) is 5.18. The lowest BCUT2D eigenvalue weighted by Crippen LogP contribution is -2.38. The maximum Gasteiger partial charge on any atom is 0.416 e. The van der Waals surface area contributed by atoms with Crippen LogP contribution in [0.5, 0.6) is 5.75 Å². The molecule has 0 aliphatic carbocycles. The second kappa shape index (κ2) is 9.48. The van der Waals surface area contributed by atoms with E-state index in [0.717, 1.165) is 19.2 Å². The zero-order valence-electron chi connectivity index (χ0n) is 17.8. The number of aliphatic hydroxyl groups excluding tert-OH is 1. The van der Waals surface area contributed by atoms with Crippen LogP contribution in [0.15, 0.2) is 41.3 Å². The van der Waals surface area contributed by atoms with Crippen molar-refractivity contribution in [3.63, 3.8) is 0 Å². The molecule has 1 atom stereocenters. The minimum atomic E-state index is -4.71. The Morgan fingerprint density at radius 2 is 1.91 bits per heavy atom. The topological polar surface area (TPSA) is 105 Å². The molecular formula is C21H23F3N2O6S. The van der Waals surface area contributed by atoms with Gasteiger partial charge in [0.2, 0.25) is 0 Å². The highest BCUT2D eigenvalue weighted by Crippen LogP contribution is 2.38. The van der Waals surface area contributed by atoms with Gasteiger partial charge in [0.1, 0.15) is 10.6 Å². The second-order valence-electron chi connectivity index (χ2n) is 7.43. The monoisotopic (exact) mass is 488 g/mol. The summed E-state index contributed by atoms with van der Waals surface area (Å²) in [6.45, 7) is 0.569. The van der Waals surface area contributed by atoms with Crippen molar-refractivity contribution in [2.45, 2.75) is 30.0 Å². The highest BCUT2D eigenvalue weighted by Gasteiger charge is 2.33. The molecule has 1 heterocycles. The number of rotatable bonds is 6. The van der Waals surface area contributed by atoms with Gasteiger partial charge >= 0.3 is 12.1 Å². The van der Waals surface area contributed by atoms with Crippen LogP contribution < -0.4 is 14.4 Å². The summed E-state index contributed by atoms with van der Waals surface area (Å²) in [4.78, 5) is 13.0. The van der Waals surface area contributed by atoms with E-state index in [9.17, 15) is 31.5 Å². The highest BCUT2D eigenvalue weighted by molar-refractivity contribution is 7.92. The smallest absolute Gasteiger partial charge is 0.416 e. The van der Waals surface area contributed by atoms with Crippen LogP contribution in [0, 0.1) is 0 Å². The van der Waals surface area contributed by atoms with Crippen molar-refractivity contribution in [3.8, 4) is 5.75 Å². The van der Waals surface area contributed by atoms with Crippen molar-refractivity contribution in [1.82, 2.24) is 0 Å². The fourth-order valence-corrected chi connectivity index (χ4v) is 4.84. The Hall–Kier alpha value is -2.99. The lowest BCUT2D eigenvalue weighted by Gasteiger charge is -2.33. The first-order chi connectivity index (χ1) is 15.5. The van der Waals surface area contributed by atoms with Gasteiger partial charge in [-0.2, -0.15) is 13.2 Å². The van der Waals surface area contributed by atoms with Crippen molar-refractivity contribution >= 4 is 27.4 Å². The number of nitrogens with zero attached hydrogens (tertiary/aromatic N) is 1. The van der Waals surface area contributed by atoms with Crippen LogP contribution >= 0.6 is 0 Å². The second-order valence-corrected chi connectivity index (χ2v) is 9.09. The molecule has 3 rings (SSSR count). The summed E-state index contributed by atoms with van der Waals surface area (Å²) in [6, 6.07) is 6.28. The summed E-state index contributed by atoms with van der Waals surface area (Å²) in [5, 5.41) is 9.98. The van der Waals surface area contributed by atoms with Gasteiger partial charge in [-0.1, -0.05) is 0 Å². The van der Waals surface area contributed by atoms with Crippen molar-refractivity contribution in [2.75, 3.05) is 36.9 Å². The number of hydrogen-bond acceptors (Lipinski definition) is 7. The predicted octanol–water partition coefficient (Wildman–Crippen LogP) is 3.26. The van der Waals surface area contributed by atoms with Gasteiger partial charge in [-0.25, -0.2) is 13.2 Å². The quantitative estimate of drug-likeness (QED) is 0.602. The van der Waals surface area contributed by atoms with E-state index in [1.807, 2.05) is 0 Å². The van der Waals surface area contributed by atoms with Gasteiger partial charge in [-0.15, -0.1) is 0 Å². The van der Waals surface area contributed by atoms with Crippen LogP contribution in [0.3, 0.4) is 0 Å². The van der Waals surface area contributed by atoms with Crippen molar-refractivity contribution in [3.05, 3.63) is 47.5 Å². The molecule has 12 heteroatoms. The number of piperidine rings is 1. The van der Waals surface area contributed by atoms with Gasteiger partial charge in [-0.05, 0) is 49.2 Å². The van der Waals surface area contributed by atoms with E-state index >= 15 is 0 Å². The van der Waals surface area contributed by atoms with Gasteiger partial charge in [0.05, 0.1) is 42.8 Å². The van der Waals surface area contributed by atoms with Crippen LogP contribution in [0.25, 0.3) is 0 Å². The number of carbonyl (C=O) groups is 1. The summed E-state index contributed by atoms with van der Waals surface area (Å²) in [5.41, 5.74) is -1.25. The third-order valence-corrected chi connectivity index (χ3v) is 6.57. The van der Waals surface area contributed by atoms with Gasteiger partial charge in [0.15, 0.2) is 0 Å². The van der Waals surface area contributed by atoms with E-state index in [1.165, 1.54) is 25.3 Å². The summed E-state index contributed by atoms with van der Waals surface area (Å²) in [5.74, 6) is -0.909. The number of benzene rings is 2. The molecule has 1 aliphatic heterocycles. The Kier molecular flexibility index (Phi) is 7.08. The minimum Gasteiger partial charge on any atom is -0.495 e. The molecule has 8 nitrogen and oxygen atoms in total. The number of aliphatic hydroxyl groups is 1. The Bertz CT molecular complexity index is 1140. The molecule has 2 aromatic carbocycles. The number of hydrogen-bond donors (Lipinski definition) is 2. The first-order valence-electron chi connectivity index (χ1n) is 9.89. The number of sulfonamides is 1. The Morgan fingerprint density at radius 1 is 1.18 bits per heavy atom. The van der Waals surface area contributed by atoms with E-state index in [-0.39, 0.29) is 29.2 Å². The molecule has 0 aromatic heterocycles. The molecule has 0 radical (unpaired) electrons. The summed E-state index contributed by atoms with van der Waals surface area (Å²) >= 11 is 0. The van der Waals surface area contributed by atoms with Crippen LogP contribution in [0.2, 0.25) is 0 Å². The maximum atomic E-state index is 13.4. The van der Waals surface area contributed by atoms with Crippen LogP contribution in [0.1, 0.15) is 28.8 Å². The number of anilines is 2. The highest BCUT2D eigenvalue weighted by atomic mass is 32.2. The molecule has 2 N–H and O–H groups in total. The summed E-state index contributed by atoms with van der Waals surface area (Å²) < 4.78 is 78.4. The SMILES string of the molecule is COC(=O)c1ccc(OC)c(S(=O)(=O)Nc2cc(C(F)(F)F)ccc2N2CCC[C@H](O)C2)c1. The molecule has 0 saturated carbocycles. The van der Waals surface area contributed by atoms with E-state index in [2.05, 4.69) is 9.46 Å². The Balaban J connectivity index is 2.09. The van der Waals surface area contributed by atoms with Gasteiger partial charge < -0.3 is 19.5 Å². The minimum absolute atomic E-state index is 0.0814. The van der Waals surface area contributed by atoms with E-state index in [0.29, 0.717) is 25.5 Å². The standard InChI is InChI=1S/C21H23F3N2O6S/c1-31-18-8-5-13(20(28)32-2)10-19(18)33(29,30)25-16-11-14(21(22,23)24)6-7-17(16)26-9-3-4-15(27)12-26/h5-8,10-11,15,25,27H,3-4,9,12H2,1-2H3/t15-/m0/s1. The van der Waals surface area contributed by atoms with Crippen molar-refractivity contribution < 1.29 is 41.0 Å². The molecule has 0 amide bonds. The lowest BCUT2D eigenvalue weighted by molar-refractivity contribution is -0.137. The Morgan fingerprint density at radius 3 is 2.52 bits per heavy atom. The number of β-amino-alcohol motifs (C(OH)–C–C–N with tert-alkyl or cyclic N) is 1. The first-order valence-corrected chi connectivity index (χ1v) is 11.4. The number of alkyl halides is 3. The van der Waals surface area contributed by atoms with Gasteiger partial charge in [-0.3, -0.25) is 4.72 Å². The van der Waals surface area contributed by atoms with E-state index in [4.69, 9.17) is 4.74 Å². The third kappa shape index (κ3) is 5.50. The molecule has 0 spiro atoms. The molecule has 33 heavy (non-hydrogen) atoms. The average Bonchev–Trinajstić information content (AvgIpc) is 2.77. The zero-order chi connectivity index (χ0) is 24.4. The molecule has 180 valence electrons. The fraction of sp³-hybridized carbons (Fsp3) is 0.381. The fourth-order valence-electron chi connectivity index (χ4n) is 3.57. The molecule has 1 saturated heterocycles. The normalized spacial score (nSPS) is 16.9. The van der Waals surface area contributed by atoms with Crippen LogP contribution in [-0.2, 0) is 20.9 Å². The number of methoxy groups -OCH3 is 2. The number of halogens is 3. The number of nitrogens with one attached hydrogen (secondary N) is 1. The van der Waals surface area contributed by atoms with Crippen LogP contribution in [-0.4, -0.2) is 52.9 Å². The molecule has 0 unspecified atom stereocenters. The van der Waals surface area contributed by atoms with Gasteiger partial charge in [0, 0.05) is 13.1 Å². The number of carbonyl (C=O) groups excluding carboxylic acids is 1. The first kappa shape index (κ1) is 24.6. The number of esters is 1. The number of ether oxygens (including phenoxy) is 2. The summed E-state index contributed by atoms with van der Waals surface area (Å²) in [6.07, 6.45) is -4.27. The molecular weight excluding hydrogens is 465 g/mol. The summed E-state index contributed by atoms with van der Waals surface area (Å²) in [7, 11) is -2.15. The largest absolute Gasteiger partial charge is 0.495 e. The molecule has 0 bridgehead atoms. The van der Waals surface area contributed by atoms with Crippen molar-refractivity contribution in [2.24, 2.45) is 0 Å². The lowest BCUT2D eigenvalue weighted by atomic mass is 10.1. The molecule has 1 fully saturated rings. The average molecular weight is 488 g/mol. The van der Waals surface area contributed by atoms with Crippen molar-refractivity contribution in [1.29, 1.82) is 0 Å². The van der Waals surface area contributed by atoms with Crippen LogP contribution in [0.4, 0.5) is 24.5 Å². The van der Waals surface area contributed by atoms with E-state index < -0.39 is 38.7 Å². The maximum absolute atomic E-state index is 13.4.